The summed E-state index contributed by atoms with van der Waals surface area (Å²) in [6, 6.07) is 10.2. The fourth-order valence-electron chi connectivity index (χ4n) is 2.85. The third-order valence-electron chi connectivity index (χ3n) is 4.29. The van der Waals surface area contributed by atoms with Gasteiger partial charge in [-0.25, -0.2) is 9.69 Å². The van der Waals surface area contributed by atoms with Crippen molar-refractivity contribution in [1.29, 1.82) is 0 Å². The van der Waals surface area contributed by atoms with E-state index >= 15 is 0 Å². The quantitative estimate of drug-likeness (QED) is 0.271. The number of carbonyl (C=O) groups excluding carboxylic acids is 3. The summed E-state index contributed by atoms with van der Waals surface area (Å²) >= 11 is 4.09. The molecule has 1 aliphatic rings. The van der Waals surface area contributed by atoms with Crippen LogP contribution in [-0.2, 0) is 16.0 Å². The smallest absolute Gasteiger partial charge is 0.329 e. The molecule has 7 nitrogen and oxygen atoms in total. The van der Waals surface area contributed by atoms with Crippen LogP contribution in [0.15, 0.2) is 42.1 Å². The van der Waals surface area contributed by atoms with Crippen molar-refractivity contribution in [1.82, 2.24) is 10.2 Å². The van der Waals surface area contributed by atoms with E-state index in [9.17, 15) is 19.5 Å². The maximum Gasteiger partial charge on any atom is 0.329 e. The number of phenols is 1. The maximum atomic E-state index is 12.6. The third kappa shape index (κ3) is 4.89. The number of halogens is 2. The van der Waals surface area contributed by atoms with E-state index in [-0.39, 0.29) is 11.4 Å². The Hall–Kier alpha value is -2.15. The fourth-order valence-corrected chi connectivity index (χ4v) is 4.74. The molecule has 0 spiro atoms. The van der Waals surface area contributed by atoms with Gasteiger partial charge in [0, 0.05) is 14.8 Å². The number of amides is 4. The van der Waals surface area contributed by atoms with Crippen molar-refractivity contribution in [3.8, 4) is 5.75 Å². The molecule has 3 N–H and O–H groups in total. The van der Waals surface area contributed by atoms with Crippen molar-refractivity contribution >= 4 is 74.8 Å². The summed E-state index contributed by atoms with van der Waals surface area (Å²) < 4.78 is 1.50. The van der Waals surface area contributed by atoms with Gasteiger partial charge >= 0.3 is 6.03 Å². The van der Waals surface area contributed by atoms with Gasteiger partial charge in [-0.3, -0.25) is 9.59 Å². The molecular formula is C20H17I2N3O4. The Balaban J connectivity index is 1.76. The van der Waals surface area contributed by atoms with Crippen LogP contribution in [0.2, 0.25) is 0 Å². The Labute approximate surface area is 194 Å². The number of urea groups is 1. The van der Waals surface area contributed by atoms with Gasteiger partial charge in [0.2, 0.25) is 5.91 Å². The van der Waals surface area contributed by atoms with Crippen LogP contribution in [0.25, 0.3) is 6.08 Å². The molecule has 1 saturated heterocycles. The van der Waals surface area contributed by atoms with Crippen LogP contribution in [0.3, 0.4) is 0 Å². The summed E-state index contributed by atoms with van der Waals surface area (Å²) in [5, 5.41) is 15.4. The van der Waals surface area contributed by atoms with Crippen LogP contribution in [0.1, 0.15) is 18.1 Å². The van der Waals surface area contributed by atoms with Crippen molar-refractivity contribution in [2.24, 2.45) is 0 Å². The summed E-state index contributed by atoms with van der Waals surface area (Å²) in [7, 11) is 0. The number of phenolic OH excluding ortho intramolecular Hbond substituents is 1. The lowest BCUT2D eigenvalue weighted by Crippen LogP contribution is -2.38. The van der Waals surface area contributed by atoms with E-state index in [0.29, 0.717) is 14.8 Å². The molecule has 1 heterocycles. The first-order chi connectivity index (χ1) is 13.8. The normalized spacial score (nSPS) is 15.0. The molecule has 2 aromatic rings. The van der Waals surface area contributed by atoms with Gasteiger partial charge < -0.3 is 15.7 Å². The SMILES string of the molecule is CCc1ccccc1NC(=O)CN1C(=O)N/C(=C/c2cc(I)cc(I)c2O)C1=O. The molecule has 29 heavy (non-hydrogen) atoms. The van der Waals surface area contributed by atoms with Crippen molar-refractivity contribution in [3.63, 3.8) is 0 Å². The largest absolute Gasteiger partial charge is 0.506 e. The fraction of sp³-hybridized carbons (Fsp3) is 0.150. The van der Waals surface area contributed by atoms with Gasteiger partial charge in [-0.15, -0.1) is 0 Å². The molecule has 4 amide bonds. The average Bonchev–Trinajstić information content (AvgIpc) is 2.93. The van der Waals surface area contributed by atoms with Crippen LogP contribution >= 0.6 is 45.2 Å². The third-order valence-corrected chi connectivity index (χ3v) is 5.74. The molecule has 1 aliphatic heterocycles. The van der Waals surface area contributed by atoms with Gasteiger partial charge in [-0.2, -0.15) is 0 Å². The number of aryl methyl sites for hydroxylation is 1. The minimum atomic E-state index is -0.681. The minimum Gasteiger partial charge on any atom is -0.506 e. The summed E-state index contributed by atoms with van der Waals surface area (Å²) in [4.78, 5) is 38.1. The number of benzene rings is 2. The molecule has 0 aliphatic carbocycles. The average molecular weight is 617 g/mol. The Kier molecular flexibility index (Phi) is 6.77. The predicted molar refractivity (Wildman–Crippen MR) is 126 cm³/mol. The maximum absolute atomic E-state index is 12.6. The second-order valence-corrected chi connectivity index (χ2v) is 8.67. The number of imide groups is 1. The molecule has 0 saturated carbocycles. The number of anilines is 1. The van der Waals surface area contributed by atoms with Crippen LogP contribution in [-0.4, -0.2) is 34.4 Å². The van der Waals surface area contributed by atoms with Gasteiger partial charge in [-0.05, 0) is 81.4 Å². The van der Waals surface area contributed by atoms with E-state index < -0.39 is 24.4 Å². The van der Waals surface area contributed by atoms with Gasteiger partial charge in [0.05, 0.1) is 3.57 Å². The molecule has 0 atom stereocenters. The molecule has 150 valence electrons. The zero-order valence-electron chi connectivity index (χ0n) is 15.3. The van der Waals surface area contributed by atoms with Crippen LogP contribution in [0.4, 0.5) is 10.5 Å². The van der Waals surface area contributed by atoms with Crippen molar-refractivity contribution < 1.29 is 19.5 Å². The number of para-hydroxylation sites is 1. The number of hydrogen-bond donors (Lipinski definition) is 3. The topological polar surface area (TPSA) is 98.7 Å². The molecule has 2 aromatic carbocycles. The lowest BCUT2D eigenvalue weighted by Gasteiger charge is -2.13. The monoisotopic (exact) mass is 617 g/mol. The number of carbonyl (C=O) groups is 3. The van der Waals surface area contributed by atoms with E-state index in [4.69, 9.17) is 0 Å². The molecular weight excluding hydrogens is 600 g/mol. The molecule has 3 rings (SSSR count). The Morgan fingerprint density at radius 2 is 1.97 bits per heavy atom. The standard InChI is InChI=1S/C20H17I2N3O4/c1-2-11-5-3-4-6-15(11)23-17(26)10-25-19(28)16(24-20(25)29)8-12-7-13(21)9-14(22)18(12)27/h3-9,27H,2,10H2,1H3,(H,23,26)(H,24,29)/b16-8+. The first-order valence-electron chi connectivity index (χ1n) is 8.70. The molecule has 0 unspecified atom stereocenters. The van der Waals surface area contributed by atoms with E-state index in [2.05, 4.69) is 33.2 Å². The lowest BCUT2D eigenvalue weighted by molar-refractivity contribution is -0.127. The Morgan fingerprint density at radius 3 is 2.69 bits per heavy atom. The number of hydrogen-bond acceptors (Lipinski definition) is 4. The van der Waals surface area contributed by atoms with Crippen LogP contribution in [0.5, 0.6) is 5.75 Å². The van der Waals surface area contributed by atoms with Crippen molar-refractivity contribution in [2.75, 3.05) is 11.9 Å². The number of nitrogens with zero attached hydrogens (tertiary/aromatic N) is 1. The number of rotatable bonds is 5. The summed E-state index contributed by atoms with van der Waals surface area (Å²) in [6.45, 7) is 1.57. The van der Waals surface area contributed by atoms with Crippen molar-refractivity contribution in [2.45, 2.75) is 13.3 Å². The van der Waals surface area contributed by atoms with Crippen LogP contribution < -0.4 is 10.6 Å². The van der Waals surface area contributed by atoms with Gasteiger partial charge in [0.25, 0.3) is 5.91 Å². The highest BCUT2D eigenvalue weighted by molar-refractivity contribution is 14.1. The van der Waals surface area contributed by atoms with Crippen LogP contribution in [0, 0.1) is 7.14 Å². The molecule has 0 radical (unpaired) electrons. The van der Waals surface area contributed by atoms with Gasteiger partial charge in [-0.1, -0.05) is 25.1 Å². The lowest BCUT2D eigenvalue weighted by atomic mass is 10.1. The second kappa shape index (κ2) is 9.11. The van der Waals surface area contributed by atoms with E-state index in [1.54, 1.807) is 24.3 Å². The first kappa shape index (κ1) is 21.6. The molecule has 9 heteroatoms. The van der Waals surface area contributed by atoms with Gasteiger partial charge in [0.1, 0.15) is 18.0 Å². The highest BCUT2D eigenvalue weighted by Gasteiger charge is 2.35. The summed E-state index contributed by atoms with van der Waals surface area (Å²) in [6.07, 6.45) is 2.15. The van der Waals surface area contributed by atoms with E-state index in [0.717, 1.165) is 20.5 Å². The predicted octanol–water partition coefficient (Wildman–Crippen LogP) is 3.70. The number of nitrogens with one attached hydrogen (secondary N) is 2. The molecule has 1 fully saturated rings. The zero-order valence-corrected chi connectivity index (χ0v) is 19.6. The highest BCUT2D eigenvalue weighted by Crippen LogP contribution is 2.29. The molecule has 0 aromatic heterocycles. The van der Waals surface area contributed by atoms with Gasteiger partial charge in [0.15, 0.2) is 0 Å². The van der Waals surface area contributed by atoms with E-state index in [1.165, 1.54) is 6.08 Å². The minimum absolute atomic E-state index is 0.00450. The highest BCUT2D eigenvalue weighted by atomic mass is 127. The second-order valence-electron chi connectivity index (χ2n) is 6.26. The molecule has 0 bridgehead atoms. The summed E-state index contributed by atoms with van der Waals surface area (Å²) in [5.41, 5.74) is 2.03. The van der Waals surface area contributed by atoms with Crippen molar-refractivity contribution in [3.05, 3.63) is 60.4 Å². The zero-order chi connectivity index (χ0) is 21.1. The first-order valence-corrected chi connectivity index (χ1v) is 10.9. The Morgan fingerprint density at radius 1 is 1.24 bits per heavy atom. The number of aromatic hydroxyl groups is 1. The van der Waals surface area contributed by atoms with E-state index in [1.807, 2.05) is 41.6 Å². The summed E-state index contributed by atoms with van der Waals surface area (Å²) in [5.74, 6) is -1.07. The Bertz CT molecular complexity index is 1040.